The van der Waals surface area contributed by atoms with Gasteiger partial charge in [-0.3, -0.25) is 14.5 Å². The van der Waals surface area contributed by atoms with Gasteiger partial charge in [0.2, 0.25) is 5.91 Å². The fourth-order valence-electron chi connectivity index (χ4n) is 3.30. The summed E-state index contributed by atoms with van der Waals surface area (Å²) in [5.74, 6) is -1.58. The fourth-order valence-corrected chi connectivity index (χ4v) is 4.02. The first-order chi connectivity index (χ1) is 14.3. The monoisotopic (exact) mass is 427 g/mol. The normalized spacial score (nSPS) is 18.6. The number of benzene rings is 1. The highest BCUT2D eigenvalue weighted by molar-refractivity contribution is 7.14. The number of hydrogen-bond donors (Lipinski definition) is 2. The zero-order valence-electron chi connectivity index (χ0n) is 16.2. The van der Waals surface area contributed by atoms with E-state index in [0.717, 1.165) is 10.6 Å². The third-order valence-electron chi connectivity index (χ3n) is 4.95. The van der Waals surface area contributed by atoms with Gasteiger partial charge < -0.3 is 15.2 Å². The van der Waals surface area contributed by atoms with Gasteiger partial charge in [-0.2, -0.15) is 0 Å². The highest BCUT2D eigenvalue weighted by Gasteiger charge is 2.49. The molecule has 4 amide bonds. The molecule has 1 saturated heterocycles. The van der Waals surface area contributed by atoms with Crippen molar-refractivity contribution in [2.45, 2.75) is 12.5 Å². The summed E-state index contributed by atoms with van der Waals surface area (Å²) in [5.41, 5.74) is 0.668. The third-order valence-corrected chi connectivity index (χ3v) is 5.71. The Morgan fingerprint density at radius 3 is 2.67 bits per heavy atom. The molecule has 2 aromatic heterocycles. The first-order valence-electron chi connectivity index (χ1n) is 9.05. The van der Waals surface area contributed by atoms with Gasteiger partial charge in [-0.05, 0) is 36.8 Å². The van der Waals surface area contributed by atoms with Crippen LogP contribution >= 0.6 is 11.3 Å². The van der Waals surface area contributed by atoms with Crippen molar-refractivity contribution in [2.24, 2.45) is 7.05 Å². The number of hydrogen-bond acceptors (Lipinski definition) is 5. The molecular weight excluding hydrogens is 409 g/mol. The number of urea groups is 1. The molecule has 0 saturated carbocycles. The number of carbonyl (C=O) groups is 3. The number of imide groups is 1. The molecule has 10 heteroatoms. The molecule has 4 rings (SSSR count). The molecule has 2 N–H and O–H groups in total. The van der Waals surface area contributed by atoms with Crippen molar-refractivity contribution in [1.29, 1.82) is 0 Å². The van der Waals surface area contributed by atoms with Crippen LogP contribution in [-0.2, 0) is 22.2 Å². The standard InChI is InChI=1S/C20H18FN5O3S/c1-20(12-5-7-13(21)8-6-12)17(28)26(19(29)24-20)10-16(27)23-18-22-14(11-30-18)15-4-3-9-25(15)2/h3-9,11H,10H2,1-2H3,(H,24,29)(H,22,23,27). The van der Waals surface area contributed by atoms with E-state index in [1.54, 1.807) is 0 Å². The average Bonchev–Trinajstić information content (AvgIpc) is 3.38. The van der Waals surface area contributed by atoms with Crippen LogP contribution in [0.4, 0.5) is 14.3 Å². The van der Waals surface area contributed by atoms with Crippen molar-refractivity contribution >= 4 is 34.3 Å². The van der Waals surface area contributed by atoms with E-state index < -0.39 is 35.7 Å². The van der Waals surface area contributed by atoms with E-state index in [-0.39, 0.29) is 0 Å². The van der Waals surface area contributed by atoms with E-state index in [0.29, 0.717) is 16.4 Å². The lowest BCUT2D eigenvalue weighted by Gasteiger charge is -2.22. The molecule has 1 aliphatic rings. The van der Waals surface area contributed by atoms with Crippen molar-refractivity contribution in [2.75, 3.05) is 11.9 Å². The largest absolute Gasteiger partial charge is 0.349 e. The smallest absolute Gasteiger partial charge is 0.325 e. The van der Waals surface area contributed by atoms with E-state index in [1.807, 2.05) is 35.3 Å². The van der Waals surface area contributed by atoms with Crippen LogP contribution in [0.15, 0.2) is 48.0 Å². The van der Waals surface area contributed by atoms with Crippen molar-refractivity contribution in [3.63, 3.8) is 0 Å². The molecular formula is C20H18FN5O3S. The number of carbonyl (C=O) groups excluding carboxylic acids is 3. The lowest BCUT2D eigenvalue weighted by molar-refractivity contribution is -0.133. The topological polar surface area (TPSA) is 96.3 Å². The van der Waals surface area contributed by atoms with E-state index in [1.165, 1.54) is 42.5 Å². The van der Waals surface area contributed by atoms with E-state index >= 15 is 0 Å². The highest BCUT2D eigenvalue weighted by Crippen LogP contribution is 2.29. The number of amides is 4. The molecule has 1 aromatic carbocycles. The maximum absolute atomic E-state index is 13.2. The van der Waals surface area contributed by atoms with Gasteiger partial charge in [-0.15, -0.1) is 11.3 Å². The molecule has 1 atom stereocenters. The average molecular weight is 427 g/mol. The lowest BCUT2D eigenvalue weighted by Crippen LogP contribution is -2.42. The van der Waals surface area contributed by atoms with Crippen LogP contribution in [0.3, 0.4) is 0 Å². The van der Waals surface area contributed by atoms with Gasteiger partial charge in [-0.1, -0.05) is 12.1 Å². The van der Waals surface area contributed by atoms with Crippen molar-refractivity contribution in [3.8, 4) is 11.4 Å². The molecule has 1 fully saturated rings. The zero-order chi connectivity index (χ0) is 21.5. The van der Waals surface area contributed by atoms with Crippen LogP contribution in [0, 0.1) is 5.82 Å². The van der Waals surface area contributed by atoms with Gasteiger partial charge in [0.15, 0.2) is 5.13 Å². The highest BCUT2D eigenvalue weighted by atomic mass is 32.1. The predicted octanol–water partition coefficient (Wildman–Crippen LogP) is 2.69. The number of nitrogens with one attached hydrogen (secondary N) is 2. The summed E-state index contributed by atoms with van der Waals surface area (Å²) >= 11 is 1.25. The van der Waals surface area contributed by atoms with E-state index in [2.05, 4.69) is 15.6 Å². The number of nitrogens with zero attached hydrogens (tertiary/aromatic N) is 3. The summed E-state index contributed by atoms with van der Waals surface area (Å²) in [6.07, 6.45) is 1.89. The predicted molar refractivity (Wildman–Crippen MR) is 109 cm³/mol. The molecule has 3 aromatic rings. The van der Waals surface area contributed by atoms with Crippen molar-refractivity contribution < 1.29 is 18.8 Å². The van der Waals surface area contributed by atoms with Crippen LogP contribution in [0.1, 0.15) is 12.5 Å². The summed E-state index contributed by atoms with van der Waals surface area (Å²) in [4.78, 5) is 42.9. The Hall–Kier alpha value is -3.53. The minimum atomic E-state index is -1.37. The fraction of sp³-hybridized carbons (Fsp3) is 0.200. The molecule has 0 aliphatic carbocycles. The van der Waals surface area contributed by atoms with Crippen LogP contribution in [0.2, 0.25) is 0 Å². The summed E-state index contributed by atoms with van der Waals surface area (Å²) in [6.45, 7) is 1.06. The molecule has 1 unspecified atom stereocenters. The summed E-state index contributed by atoms with van der Waals surface area (Å²) < 4.78 is 15.1. The maximum atomic E-state index is 13.2. The number of aryl methyl sites for hydroxylation is 1. The Balaban J connectivity index is 1.45. The van der Waals surface area contributed by atoms with Gasteiger partial charge >= 0.3 is 6.03 Å². The minimum Gasteiger partial charge on any atom is -0.349 e. The van der Waals surface area contributed by atoms with Crippen molar-refractivity contribution in [3.05, 3.63) is 59.4 Å². The van der Waals surface area contributed by atoms with Gasteiger partial charge in [-0.25, -0.2) is 14.2 Å². The molecule has 0 bridgehead atoms. The first kappa shape index (κ1) is 19.8. The summed E-state index contributed by atoms with van der Waals surface area (Å²) in [7, 11) is 1.89. The molecule has 3 heterocycles. The van der Waals surface area contributed by atoms with Gasteiger partial charge in [0.1, 0.15) is 17.9 Å². The van der Waals surface area contributed by atoms with Gasteiger partial charge in [0.25, 0.3) is 5.91 Å². The van der Waals surface area contributed by atoms with Crippen LogP contribution in [0.5, 0.6) is 0 Å². The Labute approximate surface area is 175 Å². The maximum Gasteiger partial charge on any atom is 0.325 e. The quantitative estimate of drug-likeness (QED) is 0.612. The molecule has 0 radical (unpaired) electrons. The zero-order valence-corrected chi connectivity index (χ0v) is 17.0. The lowest BCUT2D eigenvalue weighted by atomic mass is 9.92. The summed E-state index contributed by atoms with van der Waals surface area (Å²) in [6, 6.07) is 8.39. The van der Waals surface area contributed by atoms with Crippen LogP contribution in [-0.4, -0.2) is 38.8 Å². The van der Waals surface area contributed by atoms with Crippen molar-refractivity contribution in [1.82, 2.24) is 19.8 Å². The second kappa shape index (κ2) is 7.38. The number of thiazole rings is 1. The Morgan fingerprint density at radius 1 is 1.27 bits per heavy atom. The molecule has 8 nitrogen and oxygen atoms in total. The number of rotatable bonds is 5. The van der Waals surface area contributed by atoms with Gasteiger partial charge in [0, 0.05) is 18.6 Å². The second-order valence-electron chi connectivity index (χ2n) is 7.04. The second-order valence-corrected chi connectivity index (χ2v) is 7.90. The van der Waals surface area contributed by atoms with E-state index in [4.69, 9.17) is 0 Å². The molecule has 1 aliphatic heterocycles. The Bertz CT molecular complexity index is 1140. The SMILES string of the molecule is Cn1cccc1-c1csc(NC(=O)CN2C(=O)NC(C)(c3ccc(F)cc3)C2=O)n1. The Morgan fingerprint density at radius 2 is 2.00 bits per heavy atom. The first-order valence-corrected chi connectivity index (χ1v) is 9.93. The van der Waals surface area contributed by atoms with Crippen LogP contribution < -0.4 is 10.6 Å². The number of anilines is 1. The number of aromatic nitrogens is 2. The number of halogens is 1. The van der Waals surface area contributed by atoms with E-state index in [9.17, 15) is 18.8 Å². The Kier molecular flexibility index (Phi) is 4.86. The van der Waals surface area contributed by atoms with Crippen LogP contribution in [0.25, 0.3) is 11.4 Å². The minimum absolute atomic E-state index is 0.365. The third kappa shape index (κ3) is 3.45. The molecule has 30 heavy (non-hydrogen) atoms. The summed E-state index contributed by atoms with van der Waals surface area (Å²) in [5, 5.41) is 7.38. The van der Waals surface area contributed by atoms with Gasteiger partial charge in [0.05, 0.1) is 11.4 Å². The molecule has 0 spiro atoms. The molecule has 154 valence electrons.